The Morgan fingerprint density at radius 3 is 2.70 bits per heavy atom. The molecule has 2 rings (SSSR count). The highest BCUT2D eigenvalue weighted by Crippen LogP contribution is 2.02. The van der Waals surface area contributed by atoms with Gasteiger partial charge in [0.1, 0.15) is 5.69 Å². The fourth-order valence-electron chi connectivity index (χ4n) is 2.24. The van der Waals surface area contributed by atoms with Gasteiger partial charge in [-0.2, -0.15) is 10.2 Å². The molecule has 0 unspecified atom stereocenters. The van der Waals surface area contributed by atoms with E-state index in [4.69, 9.17) is 5.11 Å². The first-order chi connectivity index (χ1) is 11.0. The number of carbonyl (C=O) groups excluding carboxylic acids is 1. The Labute approximate surface area is 134 Å². The molecule has 8 nitrogen and oxygen atoms in total. The maximum Gasteiger partial charge on any atom is 0.305 e. The van der Waals surface area contributed by atoms with Crippen molar-refractivity contribution in [1.29, 1.82) is 0 Å². The largest absolute Gasteiger partial charge is 0.481 e. The molecule has 2 heterocycles. The van der Waals surface area contributed by atoms with Crippen LogP contribution in [0.2, 0.25) is 0 Å². The van der Waals surface area contributed by atoms with Gasteiger partial charge >= 0.3 is 5.97 Å². The van der Waals surface area contributed by atoms with E-state index in [1.807, 2.05) is 24.6 Å². The van der Waals surface area contributed by atoms with Crippen molar-refractivity contribution in [3.05, 3.63) is 35.4 Å². The molecule has 0 spiro atoms. The Hall–Kier alpha value is -2.64. The van der Waals surface area contributed by atoms with Gasteiger partial charge in [0.15, 0.2) is 0 Å². The van der Waals surface area contributed by atoms with Crippen molar-refractivity contribution in [2.75, 3.05) is 6.54 Å². The van der Waals surface area contributed by atoms with Gasteiger partial charge in [-0.05, 0) is 32.4 Å². The molecule has 124 valence electrons. The third-order valence-electron chi connectivity index (χ3n) is 3.36. The molecule has 1 amide bonds. The fourth-order valence-corrected chi connectivity index (χ4v) is 2.24. The standard InChI is InChI=1S/C15H21N5O3/c1-11-10-12(2)20(17-11)7-3-6-16-15(23)13-4-8-19(18-13)9-5-14(21)22/h4,8,10H,3,5-7,9H2,1-2H3,(H,16,23)(H,21,22). The minimum atomic E-state index is -0.893. The van der Waals surface area contributed by atoms with Crippen LogP contribution >= 0.6 is 0 Å². The van der Waals surface area contributed by atoms with Crippen LogP contribution in [0.25, 0.3) is 0 Å². The number of carboxylic acids is 1. The third kappa shape index (κ3) is 4.94. The molecule has 8 heteroatoms. The monoisotopic (exact) mass is 319 g/mol. The van der Waals surface area contributed by atoms with Crippen LogP contribution in [0, 0.1) is 13.8 Å². The van der Waals surface area contributed by atoms with Crippen LogP contribution in [-0.4, -0.2) is 43.1 Å². The van der Waals surface area contributed by atoms with Crippen LogP contribution in [0.3, 0.4) is 0 Å². The lowest BCUT2D eigenvalue weighted by atomic mass is 10.3. The number of carboxylic acid groups (broad SMARTS) is 1. The fraction of sp³-hybridized carbons (Fsp3) is 0.467. The Bertz CT molecular complexity index is 689. The topological polar surface area (TPSA) is 102 Å². The van der Waals surface area contributed by atoms with E-state index in [0.717, 1.165) is 24.4 Å². The minimum absolute atomic E-state index is 0.0224. The number of aliphatic carboxylic acids is 1. The summed E-state index contributed by atoms with van der Waals surface area (Å²) in [6.07, 6.45) is 2.35. The van der Waals surface area contributed by atoms with Gasteiger partial charge in [-0.1, -0.05) is 0 Å². The first-order valence-corrected chi connectivity index (χ1v) is 7.50. The predicted octanol–water partition coefficient (Wildman–Crippen LogP) is 0.991. The van der Waals surface area contributed by atoms with E-state index in [2.05, 4.69) is 15.5 Å². The van der Waals surface area contributed by atoms with Gasteiger partial charge in [-0.3, -0.25) is 19.0 Å². The number of aryl methyl sites for hydroxylation is 4. The molecule has 0 saturated carbocycles. The van der Waals surface area contributed by atoms with Gasteiger partial charge in [-0.15, -0.1) is 0 Å². The van der Waals surface area contributed by atoms with Gasteiger partial charge in [0.25, 0.3) is 5.91 Å². The molecule has 0 aliphatic carbocycles. The van der Waals surface area contributed by atoms with Crippen LogP contribution in [0.4, 0.5) is 0 Å². The zero-order valence-electron chi connectivity index (χ0n) is 13.3. The minimum Gasteiger partial charge on any atom is -0.481 e. The molecule has 2 aromatic rings. The molecule has 0 atom stereocenters. The first-order valence-electron chi connectivity index (χ1n) is 7.50. The van der Waals surface area contributed by atoms with E-state index in [0.29, 0.717) is 12.2 Å². The molecule has 23 heavy (non-hydrogen) atoms. The molecule has 0 saturated heterocycles. The number of aromatic nitrogens is 4. The Morgan fingerprint density at radius 1 is 1.26 bits per heavy atom. The average molecular weight is 319 g/mol. The van der Waals surface area contributed by atoms with Crippen molar-refractivity contribution in [2.24, 2.45) is 0 Å². The van der Waals surface area contributed by atoms with Crippen molar-refractivity contribution in [3.8, 4) is 0 Å². The van der Waals surface area contributed by atoms with Crippen LogP contribution in [-0.2, 0) is 17.9 Å². The van der Waals surface area contributed by atoms with E-state index in [1.165, 1.54) is 4.68 Å². The normalized spacial score (nSPS) is 10.7. The summed E-state index contributed by atoms with van der Waals surface area (Å²) in [4.78, 5) is 22.5. The Balaban J connectivity index is 1.74. The molecule has 0 aliphatic rings. The maximum absolute atomic E-state index is 12.0. The quantitative estimate of drug-likeness (QED) is 0.707. The summed E-state index contributed by atoms with van der Waals surface area (Å²) < 4.78 is 3.38. The third-order valence-corrected chi connectivity index (χ3v) is 3.36. The van der Waals surface area contributed by atoms with Gasteiger partial charge in [-0.25, -0.2) is 0 Å². The van der Waals surface area contributed by atoms with Crippen molar-refractivity contribution in [2.45, 2.75) is 39.8 Å². The number of nitrogens with zero attached hydrogens (tertiary/aromatic N) is 4. The molecular formula is C15H21N5O3. The van der Waals surface area contributed by atoms with Crippen molar-refractivity contribution >= 4 is 11.9 Å². The number of hydrogen-bond acceptors (Lipinski definition) is 4. The number of hydrogen-bond donors (Lipinski definition) is 2. The summed E-state index contributed by atoms with van der Waals surface area (Å²) in [6, 6.07) is 3.60. The highest BCUT2D eigenvalue weighted by Gasteiger charge is 2.09. The molecule has 0 aliphatic heterocycles. The molecule has 0 bridgehead atoms. The highest BCUT2D eigenvalue weighted by molar-refractivity contribution is 5.92. The lowest BCUT2D eigenvalue weighted by molar-refractivity contribution is -0.137. The summed E-state index contributed by atoms with van der Waals surface area (Å²) in [6.45, 7) is 5.47. The van der Waals surface area contributed by atoms with Crippen LogP contribution in [0.15, 0.2) is 18.3 Å². The number of amides is 1. The molecule has 0 aromatic carbocycles. The zero-order chi connectivity index (χ0) is 16.8. The second-order valence-electron chi connectivity index (χ2n) is 5.37. The second kappa shape index (κ2) is 7.57. The first kappa shape index (κ1) is 16.7. The molecule has 0 fully saturated rings. The SMILES string of the molecule is Cc1cc(C)n(CCCNC(=O)c2ccn(CCC(=O)O)n2)n1. The summed E-state index contributed by atoms with van der Waals surface area (Å²) in [7, 11) is 0. The van der Waals surface area contributed by atoms with E-state index in [9.17, 15) is 9.59 Å². The summed E-state index contributed by atoms with van der Waals surface area (Å²) >= 11 is 0. The van der Waals surface area contributed by atoms with Crippen molar-refractivity contribution in [1.82, 2.24) is 24.9 Å². The number of rotatable bonds is 8. The molecule has 0 radical (unpaired) electrons. The van der Waals surface area contributed by atoms with Gasteiger partial charge in [0.2, 0.25) is 0 Å². The van der Waals surface area contributed by atoms with E-state index >= 15 is 0 Å². The summed E-state index contributed by atoms with van der Waals surface area (Å²) in [5.41, 5.74) is 2.38. The van der Waals surface area contributed by atoms with E-state index in [-0.39, 0.29) is 18.9 Å². The lowest BCUT2D eigenvalue weighted by Crippen LogP contribution is -2.26. The number of nitrogens with one attached hydrogen (secondary N) is 1. The second-order valence-corrected chi connectivity index (χ2v) is 5.37. The van der Waals surface area contributed by atoms with Crippen LogP contribution in [0.1, 0.15) is 34.7 Å². The summed E-state index contributed by atoms with van der Waals surface area (Å²) in [5, 5.41) is 19.8. The number of carbonyl (C=O) groups is 2. The highest BCUT2D eigenvalue weighted by atomic mass is 16.4. The van der Waals surface area contributed by atoms with E-state index < -0.39 is 5.97 Å². The molecule has 2 N–H and O–H groups in total. The zero-order valence-corrected chi connectivity index (χ0v) is 13.3. The molecule has 2 aromatic heterocycles. The predicted molar refractivity (Wildman–Crippen MR) is 83.1 cm³/mol. The molecular weight excluding hydrogens is 298 g/mol. The van der Waals surface area contributed by atoms with E-state index in [1.54, 1.807) is 12.3 Å². The van der Waals surface area contributed by atoms with Crippen molar-refractivity contribution < 1.29 is 14.7 Å². The average Bonchev–Trinajstić information content (AvgIpc) is 3.08. The van der Waals surface area contributed by atoms with Crippen LogP contribution < -0.4 is 5.32 Å². The van der Waals surface area contributed by atoms with Gasteiger partial charge in [0.05, 0.1) is 18.7 Å². The van der Waals surface area contributed by atoms with Crippen LogP contribution in [0.5, 0.6) is 0 Å². The lowest BCUT2D eigenvalue weighted by Gasteiger charge is -2.05. The smallest absolute Gasteiger partial charge is 0.305 e. The van der Waals surface area contributed by atoms with Gasteiger partial charge < -0.3 is 10.4 Å². The maximum atomic E-state index is 12.0. The summed E-state index contributed by atoms with van der Waals surface area (Å²) in [5.74, 6) is -1.15. The Kier molecular flexibility index (Phi) is 5.51. The Morgan fingerprint density at radius 2 is 2.04 bits per heavy atom. The van der Waals surface area contributed by atoms with Crippen molar-refractivity contribution in [3.63, 3.8) is 0 Å². The van der Waals surface area contributed by atoms with Gasteiger partial charge in [0, 0.05) is 25.0 Å².